The topological polar surface area (TPSA) is 38.8 Å². The van der Waals surface area contributed by atoms with Gasteiger partial charge in [-0.15, -0.1) is 0 Å². The Hall–Kier alpha value is -0.650. The van der Waals surface area contributed by atoms with Crippen LogP contribution in [0.5, 0.6) is 0 Å². The predicted molar refractivity (Wildman–Crippen MR) is 77.2 cm³/mol. The van der Waals surface area contributed by atoms with Crippen LogP contribution in [0, 0.1) is 0 Å². The van der Waals surface area contributed by atoms with Gasteiger partial charge in [-0.05, 0) is 13.0 Å². The van der Waals surface area contributed by atoms with E-state index >= 15 is 0 Å². The van der Waals surface area contributed by atoms with Crippen LogP contribution in [0.15, 0.2) is 0 Å². The lowest BCUT2D eigenvalue weighted by molar-refractivity contribution is -0.132. The first-order valence-corrected chi connectivity index (χ1v) is 7.73. The minimum absolute atomic E-state index is 0.331. The van der Waals surface area contributed by atoms with Gasteiger partial charge in [0.15, 0.2) is 0 Å². The quantitative estimate of drug-likeness (QED) is 0.752. The maximum atomic E-state index is 12.1. The van der Waals surface area contributed by atoms with Crippen LogP contribution in [0.2, 0.25) is 0 Å². The van der Waals surface area contributed by atoms with Crippen LogP contribution in [0.25, 0.3) is 0 Å². The number of hydrogen-bond donors (Lipinski definition) is 1. The Morgan fingerprint density at radius 3 is 2.11 bits per heavy atom. The summed E-state index contributed by atoms with van der Waals surface area (Å²) in [7, 11) is 0. The normalized spacial score (nSPS) is 22.7. The molecule has 2 saturated heterocycles. The number of rotatable bonds is 5. The molecule has 0 aliphatic carbocycles. The first-order chi connectivity index (χ1) is 9.29. The highest BCUT2D eigenvalue weighted by molar-refractivity contribution is 5.76. The third kappa shape index (κ3) is 4.75. The van der Waals surface area contributed by atoms with Crippen LogP contribution >= 0.6 is 0 Å². The van der Waals surface area contributed by atoms with E-state index in [-0.39, 0.29) is 0 Å². The highest BCUT2D eigenvalue weighted by atomic mass is 16.2. The summed E-state index contributed by atoms with van der Waals surface area (Å²) in [6.45, 7) is 12.6. The number of amides is 1. The summed E-state index contributed by atoms with van der Waals surface area (Å²) in [6, 6.07) is 0. The first kappa shape index (κ1) is 14.8. The average Bonchev–Trinajstić information content (AvgIpc) is 2.47. The molecule has 0 radical (unpaired) electrons. The van der Waals surface area contributed by atoms with E-state index in [1.807, 2.05) is 4.90 Å². The second kappa shape index (κ2) is 7.82. The van der Waals surface area contributed by atoms with Crippen molar-refractivity contribution in [3.8, 4) is 0 Å². The van der Waals surface area contributed by atoms with Gasteiger partial charge in [-0.1, -0.05) is 6.92 Å². The third-order valence-electron chi connectivity index (χ3n) is 4.12. The molecule has 0 bridgehead atoms. The molecular formula is C14H28N4O. The molecule has 0 aromatic carbocycles. The van der Waals surface area contributed by atoms with Gasteiger partial charge in [0.25, 0.3) is 0 Å². The van der Waals surface area contributed by atoms with Gasteiger partial charge in [-0.3, -0.25) is 4.79 Å². The molecule has 1 amide bonds. The molecule has 0 aromatic heterocycles. The zero-order valence-corrected chi connectivity index (χ0v) is 12.2. The number of piperazine rings is 2. The van der Waals surface area contributed by atoms with E-state index in [9.17, 15) is 4.79 Å². The molecule has 19 heavy (non-hydrogen) atoms. The number of carbonyl (C=O) groups is 1. The minimum atomic E-state index is 0.331. The Labute approximate surface area is 116 Å². The minimum Gasteiger partial charge on any atom is -0.340 e. The lowest BCUT2D eigenvalue weighted by atomic mass is 10.2. The molecule has 2 aliphatic rings. The summed E-state index contributed by atoms with van der Waals surface area (Å²) in [4.78, 5) is 19.0. The molecule has 0 aromatic rings. The molecule has 0 spiro atoms. The fraction of sp³-hybridized carbons (Fsp3) is 0.929. The molecule has 0 saturated carbocycles. The summed E-state index contributed by atoms with van der Waals surface area (Å²) >= 11 is 0. The third-order valence-corrected chi connectivity index (χ3v) is 4.12. The van der Waals surface area contributed by atoms with E-state index in [0.29, 0.717) is 12.3 Å². The molecule has 2 aliphatic heterocycles. The van der Waals surface area contributed by atoms with Crippen molar-refractivity contribution in [1.82, 2.24) is 20.0 Å². The summed E-state index contributed by atoms with van der Waals surface area (Å²) in [5.41, 5.74) is 0. The average molecular weight is 268 g/mol. The van der Waals surface area contributed by atoms with Crippen molar-refractivity contribution in [2.75, 3.05) is 65.4 Å². The van der Waals surface area contributed by atoms with E-state index in [4.69, 9.17) is 0 Å². The van der Waals surface area contributed by atoms with Gasteiger partial charge in [0.05, 0.1) is 0 Å². The van der Waals surface area contributed by atoms with Crippen LogP contribution in [0.3, 0.4) is 0 Å². The summed E-state index contributed by atoms with van der Waals surface area (Å²) in [6.07, 6.45) is 1.93. The van der Waals surface area contributed by atoms with Crippen molar-refractivity contribution in [2.45, 2.75) is 19.8 Å². The molecule has 2 heterocycles. The number of carbonyl (C=O) groups excluding carboxylic acids is 1. The van der Waals surface area contributed by atoms with Crippen LogP contribution in [0.4, 0.5) is 0 Å². The van der Waals surface area contributed by atoms with Gasteiger partial charge in [-0.2, -0.15) is 0 Å². The maximum absolute atomic E-state index is 12.1. The molecule has 0 atom stereocenters. The molecular weight excluding hydrogens is 240 g/mol. The van der Waals surface area contributed by atoms with Gasteiger partial charge in [-0.25, -0.2) is 0 Å². The molecule has 1 N–H and O–H groups in total. The van der Waals surface area contributed by atoms with Crippen molar-refractivity contribution in [1.29, 1.82) is 0 Å². The lowest BCUT2D eigenvalue weighted by Crippen LogP contribution is -2.49. The van der Waals surface area contributed by atoms with Crippen LogP contribution in [-0.2, 0) is 4.79 Å². The number of nitrogens with one attached hydrogen (secondary N) is 1. The Kier molecular flexibility index (Phi) is 6.07. The van der Waals surface area contributed by atoms with E-state index in [0.717, 1.165) is 58.9 Å². The van der Waals surface area contributed by atoms with E-state index in [1.165, 1.54) is 13.0 Å². The summed E-state index contributed by atoms with van der Waals surface area (Å²) in [5, 5.41) is 3.28. The van der Waals surface area contributed by atoms with Gasteiger partial charge >= 0.3 is 0 Å². The molecule has 2 fully saturated rings. The van der Waals surface area contributed by atoms with Gasteiger partial charge in [0.2, 0.25) is 5.91 Å². The predicted octanol–water partition coefficient (Wildman–Crippen LogP) is -0.164. The van der Waals surface area contributed by atoms with Gasteiger partial charge < -0.3 is 20.0 Å². The van der Waals surface area contributed by atoms with Crippen molar-refractivity contribution < 1.29 is 4.79 Å². The Morgan fingerprint density at radius 2 is 1.53 bits per heavy atom. The van der Waals surface area contributed by atoms with E-state index < -0.39 is 0 Å². The largest absolute Gasteiger partial charge is 0.340 e. The van der Waals surface area contributed by atoms with Gasteiger partial charge in [0.1, 0.15) is 0 Å². The lowest BCUT2D eigenvalue weighted by Gasteiger charge is -2.35. The van der Waals surface area contributed by atoms with Crippen molar-refractivity contribution in [2.24, 2.45) is 0 Å². The zero-order chi connectivity index (χ0) is 13.5. The van der Waals surface area contributed by atoms with Crippen LogP contribution < -0.4 is 5.32 Å². The first-order valence-electron chi connectivity index (χ1n) is 7.73. The standard InChI is InChI=1S/C14H28N4O/c1-2-6-16-10-12-17(13-11-16)7-3-14(19)18-8-4-15-5-9-18/h15H,2-13H2,1H3. The molecule has 0 unspecified atom stereocenters. The van der Waals surface area contributed by atoms with Crippen LogP contribution in [0.1, 0.15) is 19.8 Å². The zero-order valence-electron chi connectivity index (χ0n) is 12.2. The highest BCUT2D eigenvalue weighted by Gasteiger charge is 2.19. The van der Waals surface area contributed by atoms with E-state index in [1.54, 1.807) is 0 Å². The van der Waals surface area contributed by atoms with Gasteiger partial charge in [0, 0.05) is 65.3 Å². The Balaban J connectivity index is 1.61. The number of nitrogens with zero attached hydrogens (tertiary/aromatic N) is 3. The van der Waals surface area contributed by atoms with Crippen molar-refractivity contribution in [3.05, 3.63) is 0 Å². The summed E-state index contributed by atoms with van der Waals surface area (Å²) < 4.78 is 0. The fourth-order valence-corrected chi connectivity index (χ4v) is 2.88. The second-order valence-corrected chi connectivity index (χ2v) is 5.56. The molecule has 2 rings (SSSR count). The smallest absolute Gasteiger partial charge is 0.223 e. The molecule has 110 valence electrons. The van der Waals surface area contributed by atoms with Crippen molar-refractivity contribution >= 4 is 5.91 Å². The second-order valence-electron chi connectivity index (χ2n) is 5.56. The summed E-state index contributed by atoms with van der Waals surface area (Å²) in [5.74, 6) is 0.331. The number of hydrogen-bond acceptors (Lipinski definition) is 4. The SMILES string of the molecule is CCCN1CCN(CCC(=O)N2CCNCC2)CC1. The van der Waals surface area contributed by atoms with Crippen molar-refractivity contribution in [3.63, 3.8) is 0 Å². The highest BCUT2D eigenvalue weighted by Crippen LogP contribution is 2.05. The maximum Gasteiger partial charge on any atom is 0.223 e. The van der Waals surface area contributed by atoms with Crippen LogP contribution in [-0.4, -0.2) is 86.1 Å². The fourth-order valence-electron chi connectivity index (χ4n) is 2.88. The molecule has 5 heteroatoms. The Bertz CT molecular complexity index is 271. The monoisotopic (exact) mass is 268 g/mol. The Morgan fingerprint density at radius 1 is 0.947 bits per heavy atom. The van der Waals surface area contributed by atoms with E-state index in [2.05, 4.69) is 22.0 Å². The molecule has 5 nitrogen and oxygen atoms in total.